The minimum absolute atomic E-state index is 0.122. The largest absolute Gasteiger partial charge is 0.459 e. The van der Waals surface area contributed by atoms with Gasteiger partial charge < -0.3 is 19.6 Å². The summed E-state index contributed by atoms with van der Waals surface area (Å²) in [7, 11) is 1.80. The van der Waals surface area contributed by atoms with E-state index in [4.69, 9.17) is 4.42 Å². The number of halogens is 1. The van der Waals surface area contributed by atoms with Gasteiger partial charge in [0.15, 0.2) is 5.76 Å². The average Bonchev–Trinajstić information content (AvgIpc) is 3.30. The molecule has 2 heterocycles. The standard InChI is InChI=1S/C18H17FN4O3/c1-23-9-8-20-17(23)16(12-4-6-13(19)7-5-12)22-15(24)11-21-18(25)14-3-2-10-26-14/h2-10,16H,11H2,1H3,(H,21,25)(H,22,24). The van der Waals surface area contributed by atoms with Crippen LogP contribution in [0.5, 0.6) is 0 Å². The van der Waals surface area contributed by atoms with Gasteiger partial charge in [-0.15, -0.1) is 0 Å². The van der Waals surface area contributed by atoms with Crippen LogP contribution in [-0.2, 0) is 11.8 Å². The van der Waals surface area contributed by atoms with Crippen molar-refractivity contribution in [2.45, 2.75) is 6.04 Å². The van der Waals surface area contributed by atoms with E-state index < -0.39 is 17.9 Å². The van der Waals surface area contributed by atoms with Crippen LogP contribution >= 0.6 is 0 Å². The predicted octanol–water partition coefficient (Wildman–Crippen LogP) is 1.79. The molecule has 8 heteroatoms. The van der Waals surface area contributed by atoms with E-state index in [0.29, 0.717) is 11.4 Å². The van der Waals surface area contributed by atoms with Crippen LogP contribution in [0.1, 0.15) is 28.0 Å². The first-order valence-electron chi connectivity index (χ1n) is 7.88. The summed E-state index contributed by atoms with van der Waals surface area (Å²) >= 11 is 0. The Bertz CT molecular complexity index is 888. The maximum absolute atomic E-state index is 13.2. The maximum Gasteiger partial charge on any atom is 0.287 e. The zero-order valence-electron chi connectivity index (χ0n) is 14.0. The Hall–Kier alpha value is -3.42. The first kappa shape index (κ1) is 17.4. The maximum atomic E-state index is 13.2. The number of benzene rings is 1. The summed E-state index contributed by atoms with van der Waals surface area (Å²) in [6.45, 7) is -0.234. The van der Waals surface area contributed by atoms with E-state index in [2.05, 4.69) is 15.6 Å². The third-order valence-corrected chi connectivity index (χ3v) is 3.78. The first-order chi connectivity index (χ1) is 12.5. The molecule has 0 aliphatic carbocycles. The van der Waals surface area contributed by atoms with Gasteiger partial charge in [-0.3, -0.25) is 9.59 Å². The van der Waals surface area contributed by atoms with Gasteiger partial charge in [0.25, 0.3) is 5.91 Å². The number of carbonyl (C=O) groups excluding carboxylic acids is 2. The second-order valence-corrected chi connectivity index (χ2v) is 5.61. The third-order valence-electron chi connectivity index (χ3n) is 3.78. The lowest BCUT2D eigenvalue weighted by molar-refractivity contribution is -0.120. The zero-order chi connectivity index (χ0) is 18.5. The molecule has 0 aliphatic rings. The van der Waals surface area contributed by atoms with E-state index in [9.17, 15) is 14.0 Å². The van der Waals surface area contributed by atoms with Gasteiger partial charge in [0.1, 0.15) is 17.7 Å². The molecule has 7 nitrogen and oxygen atoms in total. The van der Waals surface area contributed by atoms with Crippen LogP contribution in [0.25, 0.3) is 0 Å². The Morgan fingerprint density at radius 1 is 1.27 bits per heavy atom. The number of nitrogens with zero attached hydrogens (tertiary/aromatic N) is 2. The highest BCUT2D eigenvalue weighted by molar-refractivity contribution is 5.94. The van der Waals surface area contributed by atoms with Crippen molar-refractivity contribution in [1.29, 1.82) is 0 Å². The molecular weight excluding hydrogens is 339 g/mol. The summed E-state index contributed by atoms with van der Waals surface area (Å²) in [6.07, 6.45) is 4.73. The summed E-state index contributed by atoms with van der Waals surface area (Å²) in [5.74, 6) is -0.564. The van der Waals surface area contributed by atoms with Crippen LogP contribution in [0, 0.1) is 5.82 Å². The minimum atomic E-state index is -0.580. The lowest BCUT2D eigenvalue weighted by Gasteiger charge is -2.19. The van der Waals surface area contributed by atoms with Gasteiger partial charge in [0.05, 0.1) is 12.8 Å². The molecule has 2 aromatic heterocycles. The van der Waals surface area contributed by atoms with Gasteiger partial charge >= 0.3 is 0 Å². The van der Waals surface area contributed by atoms with Crippen LogP contribution in [0.4, 0.5) is 4.39 Å². The van der Waals surface area contributed by atoms with Crippen molar-refractivity contribution < 1.29 is 18.4 Å². The number of carbonyl (C=O) groups is 2. The minimum Gasteiger partial charge on any atom is -0.459 e. The molecule has 0 spiro atoms. The predicted molar refractivity (Wildman–Crippen MR) is 90.6 cm³/mol. The van der Waals surface area contributed by atoms with Crippen LogP contribution in [0.2, 0.25) is 0 Å². The molecule has 2 N–H and O–H groups in total. The second kappa shape index (κ2) is 7.64. The van der Waals surface area contributed by atoms with E-state index in [1.165, 1.54) is 24.5 Å². The molecule has 1 unspecified atom stereocenters. The molecule has 0 saturated heterocycles. The van der Waals surface area contributed by atoms with Crippen LogP contribution < -0.4 is 10.6 Å². The highest BCUT2D eigenvalue weighted by Gasteiger charge is 2.21. The quantitative estimate of drug-likeness (QED) is 0.705. The lowest BCUT2D eigenvalue weighted by Crippen LogP contribution is -2.39. The Labute approximate surface area is 148 Å². The molecule has 134 valence electrons. The normalized spacial score (nSPS) is 11.8. The van der Waals surface area contributed by atoms with E-state index in [1.807, 2.05) is 0 Å². The monoisotopic (exact) mass is 356 g/mol. The van der Waals surface area contributed by atoms with Crippen molar-refractivity contribution in [2.75, 3.05) is 6.54 Å². The van der Waals surface area contributed by atoms with E-state index in [-0.39, 0.29) is 18.1 Å². The molecule has 3 aromatic rings. The molecule has 1 aromatic carbocycles. The fourth-order valence-corrected chi connectivity index (χ4v) is 2.47. The van der Waals surface area contributed by atoms with Crippen molar-refractivity contribution in [3.63, 3.8) is 0 Å². The third kappa shape index (κ3) is 3.97. The molecule has 26 heavy (non-hydrogen) atoms. The van der Waals surface area contributed by atoms with Crippen molar-refractivity contribution in [2.24, 2.45) is 7.05 Å². The number of aromatic nitrogens is 2. The summed E-state index contributed by atoms with van der Waals surface area (Å²) < 4.78 is 19.9. The number of hydrogen-bond donors (Lipinski definition) is 2. The number of nitrogens with one attached hydrogen (secondary N) is 2. The number of imidazole rings is 1. The number of hydrogen-bond acceptors (Lipinski definition) is 4. The van der Waals surface area contributed by atoms with Gasteiger partial charge in [0, 0.05) is 19.4 Å². The molecule has 0 aliphatic heterocycles. The van der Waals surface area contributed by atoms with Crippen molar-refractivity contribution in [3.05, 3.63) is 78.0 Å². The smallest absolute Gasteiger partial charge is 0.287 e. The molecule has 1 atom stereocenters. The highest BCUT2D eigenvalue weighted by atomic mass is 19.1. The van der Waals surface area contributed by atoms with Gasteiger partial charge in [-0.05, 0) is 29.8 Å². The molecule has 0 saturated carbocycles. The average molecular weight is 356 g/mol. The fourth-order valence-electron chi connectivity index (χ4n) is 2.47. The Balaban J connectivity index is 1.71. The van der Waals surface area contributed by atoms with Crippen LogP contribution in [-0.4, -0.2) is 27.9 Å². The molecule has 0 fully saturated rings. The van der Waals surface area contributed by atoms with Crippen LogP contribution in [0.3, 0.4) is 0 Å². The number of aryl methyl sites for hydroxylation is 1. The van der Waals surface area contributed by atoms with E-state index in [0.717, 1.165) is 0 Å². The van der Waals surface area contributed by atoms with E-state index in [1.54, 1.807) is 42.2 Å². The SMILES string of the molecule is Cn1ccnc1C(NC(=O)CNC(=O)c1ccco1)c1ccc(F)cc1. The number of furan rings is 1. The Morgan fingerprint density at radius 3 is 2.65 bits per heavy atom. The first-order valence-corrected chi connectivity index (χ1v) is 7.88. The zero-order valence-corrected chi connectivity index (χ0v) is 14.0. The van der Waals surface area contributed by atoms with E-state index >= 15 is 0 Å². The van der Waals surface area contributed by atoms with Gasteiger partial charge in [0.2, 0.25) is 5.91 Å². The van der Waals surface area contributed by atoms with Gasteiger partial charge in [-0.25, -0.2) is 9.37 Å². The summed E-state index contributed by atoms with van der Waals surface area (Å²) in [5, 5.41) is 5.29. The molecule has 0 radical (unpaired) electrons. The van der Waals surface area contributed by atoms with Crippen molar-refractivity contribution in [3.8, 4) is 0 Å². The Kier molecular flexibility index (Phi) is 5.12. The number of rotatable bonds is 6. The van der Waals surface area contributed by atoms with Crippen molar-refractivity contribution in [1.82, 2.24) is 20.2 Å². The summed E-state index contributed by atoms with van der Waals surface area (Å²) in [4.78, 5) is 28.4. The second-order valence-electron chi connectivity index (χ2n) is 5.61. The molecular formula is C18H17FN4O3. The van der Waals surface area contributed by atoms with Gasteiger partial charge in [-0.2, -0.15) is 0 Å². The van der Waals surface area contributed by atoms with Crippen molar-refractivity contribution >= 4 is 11.8 Å². The Morgan fingerprint density at radius 2 is 2.04 bits per heavy atom. The van der Waals surface area contributed by atoms with Crippen LogP contribution in [0.15, 0.2) is 59.5 Å². The topological polar surface area (TPSA) is 89.2 Å². The summed E-state index contributed by atoms with van der Waals surface area (Å²) in [5.41, 5.74) is 0.673. The molecule has 2 amide bonds. The van der Waals surface area contributed by atoms with Gasteiger partial charge in [-0.1, -0.05) is 12.1 Å². The summed E-state index contributed by atoms with van der Waals surface area (Å²) in [6, 6.07) is 8.30. The fraction of sp³-hybridized carbons (Fsp3) is 0.167. The number of amides is 2. The molecule has 0 bridgehead atoms. The lowest BCUT2D eigenvalue weighted by atomic mass is 10.1. The highest BCUT2D eigenvalue weighted by Crippen LogP contribution is 2.20. The molecule has 3 rings (SSSR count).